The molecule has 1 spiro atoms. The largest absolute Gasteiger partial charge is 0.356 e. The topological polar surface area (TPSA) is 44.4 Å². The van der Waals surface area contributed by atoms with Crippen LogP contribution < -0.4 is 10.6 Å². The first-order valence-corrected chi connectivity index (χ1v) is 7.94. The highest BCUT2D eigenvalue weighted by Crippen LogP contribution is 2.58. The second kappa shape index (κ2) is 5.41. The molecule has 108 valence electrons. The maximum Gasteiger partial charge on any atom is 0.223 e. The second-order valence-electron chi connectivity index (χ2n) is 6.66. The summed E-state index contributed by atoms with van der Waals surface area (Å²) in [4.78, 5) is 14.7. The smallest absolute Gasteiger partial charge is 0.223 e. The minimum Gasteiger partial charge on any atom is -0.356 e. The van der Waals surface area contributed by atoms with E-state index in [4.69, 9.17) is 0 Å². The lowest BCUT2D eigenvalue weighted by molar-refractivity contribution is -0.123. The van der Waals surface area contributed by atoms with Crippen LogP contribution in [0.2, 0.25) is 0 Å². The van der Waals surface area contributed by atoms with E-state index in [1.165, 1.54) is 25.8 Å². The van der Waals surface area contributed by atoms with Gasteiger partial charge in [0.05, 0.1) is 0 Å². The molecular formula is C15H27N3O. The van der Waals surface area contributed by atoms with E-state index >= 15 is 0 Å². The third kappa shape index (κ3) is 2.79. The van der Waals surface area contributed by atoms with Crippen LogP contribution in [0.5, 0.6) is 0 Å². The van der Waals surface area contributed by atoms with E-state index in [0.717, 1.165) is 39.1 Å². The van der Waals surface area contributed by atoms with E-state index in [9.17, 15) is 4.79 Å². The highest BCUT2D eigenvalue weighted by Gasteiger charge is 2.57. The van der Waals surface area contributed by atoms with Gasteiger partial charge in [-0.15, -0.1) is 0 Å². The third-order valence-electron chi connectivity index (χ3n) is 5.49. The van der Waals surface area contributed by atoms with Crippen LogP contribution in [-0.2, 0) is 4.79 Å². The van der Waals surface area contributed by atoms with E-state index in [-0.39, 0.29) is 0 Å². The average molecular weight is 265 g/mol. The van der Waals surface area contributed by atoms with Crippen molar-refractivity contribution in [1.82, 2.24) is 15.5 Å². The van der Waals surface area contributed by atoms with Crippen LogP contribution in [0.3, 0.4) is 0 Å². The van der Waals surface area contributed by atoms with Crippen molar-refractivity contribution in [1.29, 1.82) is 0 Å². The van der Waals surface area contributed by atoms with Crippen molar-refractivity contribution >= 4 is 5.91 Å². The predicted octanol–water partition coefficient (Wildman–Crippen LogP) is 0.834. The zero-order valence-corrected chi connectivity index (χ0v) is 12.1. The SMILES string of the molecule is CCN1CCC(CNC(=O)C2CC23CCNCC3)C1. The fraction of sp³-hybridized carbons (Fsp3) is 0.933. The molecule has 1 amide bonds. The molecule has 0 aromatic heterocycles. The first-order valence-electron chi connectivity index (χ1n) is 7.94. The lowest BCUT2D eigenvalue weighted by Crippen LogP contribution is -2.36. The van der Waals surface area contributed by atoms with Gasteiger partial charge in [-0.05, 0) is 63.2 Å². The summed E-state index contributed by atoms with van der Waals surface area (Å²) < 4.78 is 0. The Labute approximate surface area is 116 Å². The molecule has 2 unspecified atom stereocenters. The van der Waals surface area contributed by atoms with Crippen LogP contribution in [0.4, 0.5) is 0 Å². The van der Waals surface area contributed by atoms with Gasteiger partial charge in [0.1, 0.15) is 0 Å². The summed E-state index contributed by atoms with van der Waals surface area (Å²) >= 11 is 0. The summed E-state index contributed by atoms with van der Waals surface area (Å²) in [7, 11) is 0. The van der Waals surface area contributed by atoms with E-state index in [2.05, 4.69) is 22.5 Å². The molecule has 0 aromatic rings. The summed E-state index contributed by atoms with van der Waals surface area (Å²) in [6, 6.07) is 0. The molecule has 1 aliphatic carbocycles. The Kier molecular flexibility index (Phi) is 3.81. The van der Waals surface area contributed by atoms with Gasteiger partial charge < -0.3 is 15.5 Å². The van der Waals surface area contributed by atoms with Gasteiger partial charge in [0.2, 0.25) is 5.91 Å². The maximum atomic E-state index is 12.2. The average Bonchev–Trinajstić information content (AvgIpc) is 2.93. The monoisotopic (exact) mass is 265 g/mol. The zero-order valence-electron chi connectivity index (χ0n) is 12.1. The molecule has 2 N–H and O–H groups in total. The van der Waals surface area contributed by atoms with E-state index < -0.39 is 0 Å². The highest BCUT2D eigenvalue weighted by atomic mass is 16.2. The van der Waals surface area contributed by atoms with Crippen LogP contribution in [0, 0.1) is 17.3 Å². The Morgan fingerprint density at radius 1 is 1.42 bits per heavy atom. The lowest BCUT2D eigenvalue weighted by atomic mass is 9.91. The van der Waals surface area contributed by atoms with Crippen molar-refractivity contribution in [2.24, 2.45) is 17.3 Å². The van der Waals surface area contributed by atoms with Crippen molar-refractivity contribution in [2.45, 2.75) is 32.6 Å². The maximum absolute atomic E-state index is 12.2. The summed E-state index contributed by atoms with van der Waals surface area (Å²) in [5.74, 6) is 1.32. The van der Waals surface area contributed by atoms with Gasteiger partial charge >= 0.3 is 0 Å². The number of amides is 1. The summed E-state index contributed by atoms with van der Waals surface area (Å²) in [5.41, 5.74) is 0.375. The van der Waals surface area contributed by atoms with Crippen molar-refractivity contribution in [3.63, 3.8) is 0 Å². The Hall–Kier alpha value is -0.610. The van der Waals surface area contributed by atoms with Crippen LogP contribution in [0.15, 0.2) is 0 Å². The van der Waals surface area contributed by atoms with Crippen molar-refractivity contribution in [3.05, 3.63) is 0 Å². The molecule has 3 fully saturated rings. The zero-order chi connectivity index (χ0) is 13.3. The third-order valence-corrected chi connectivity index (χ3v) is 5.49. The Balaban J connectivity index is 1.41. The first kappa shape index (κ1) is 13.4. The molecule has 4 heteroatoms. The van der Waals surface area contributed by atoms with Gasteiger partial charge in [0.25, 0.3) is 0 Å². The van der Waals surface area contributed by atoms with E-state index in [1.54, 1.807) is 0 Å². The van der Waals surface area contributed by atoms with E-state index in [0.29, 0.717) is 23.2 Å². The molecule has 3 aliphatic rings. The summed E-state index contributed by atoms with van der Waals surface area (Å²) in [6.07, 6.45) is 4.76. The van der Waals surface area contributed by atoms with Crippen LogP contribution in [0.25, 0.3) is 0 Å². The fourth-order valence-corrected chi connectivity index (χ4v) is 3.93. The summed E-state index contributed by atoms with van der Waals surface area (Å²) in [5, 5.41) is 6.61. The molecule has 0 bridgehead atoms. The first-order chi connectivity index (χ1) is 9.23. The molecule has 19 heavy (non-hydrogen) atoms. The van der Waals surface area contributed by atoms with Crippen LogP contribution in [0.1, 0.15) is 32.6 Å². The second-order valence-corrected chi connectivity index (χ2v) is 6.66. The molecule has 0 aromatic carbocycles. The molecule has 2 aliphatic heterocycles. The van der Waals surface area contributed by atoms with Crippen molar-refractivity contribution < 1.29 is 4.79 Å². The minimum absolute atomic E-state index is 0.318. The number of carbonyl (C=O) groups is 1. The number of likely N-dealkylation sites (tertiary alicyclic amines) is 1. The van der Waals surface area contributed by atoms with Crippen LogP contribution >= 0.6 is 0 Å². The quantitative estimate of drug-likeness (QED) is 0.791. The summed E-state index contributed by atoms with van der Waals surface area (Å²) in [6.45, 7) is 8.80. The molecule has 0 radical (unpaired) electrons. The minimum atomic E-state index is 0.318. The number of piperidine rings is 1. The molecule has 4 nitrogen and oxygen atoms in total. The molecule has 2 heterocycles. The fourth-order valence-electron chi connectivity index (χ4n) is 3.93. The van der Waals surface area contributed by atoms with E-state index in [1.807, 2.05) is 0 Å². The standard InChI is InChI=1S/C15H27N3O/c1-2-18-8-3-12(11-18)10-17-14(19)13-9-15(13)4-6-16-7-5-15/h12-13,16H,2-11H2,1H3,(H,17,19). The van der Waals surface area contributed by atoms with Gasteiger partial charge in [-0.2, -0.15) is 0 Å². The van der Waals surface area contributed by atoms with Gasteiger partial charge in [-0.3, -0.25) is 4.79 Å². The van der Waals surface area contributed by atoms with Crippen molar-refractivity contribution in [2.75, 3.05) is 39.3 Å². The molecule has 1 saturated carbocycles. The number of hydrogen-bond donors (Lipinski definition) is 2. The Morgan fingerprint density at radius 3 is 2.89 bits per heavy atom. The number of carbonyl (C=O) groups excluding carboxylic acids is 1. The van der Waals surface area contributed by atoms with Gasteiger partial charge in [-0.25, -0.2) is 0 Å². The number of nitrogens with one attached hydrogen (secondary N) is 2. The Bertz CT molecular complexity index is 338. The Morgan fingerprint density at radius 2 is 2.21 bits per heavy atom. The highest BCUT2D eigenvalue weighted by molar-refractivity contribution is 5.82. The van der Waals surface area contributed by atoms with Crippen LogP contribution in [-0.4, -0.2) is 50.1 Å². The number of nitrogens with zero attached hydrogens (tertiary/aromatic N) is 1. The van der Waals surface area contributed by atoms with Gasteiger partial charge in [0.15, 0.2) is 0 Å². The number of hydrogen-bond acceptors (Lipinski definition) is 3. The molecule has 2 saturated heterocycles. The van der Waals surface area contributed by atoms with Crippen molar-refractivity contribution in [3.8, 4) is 0 Å². The number of rotatable bonds is 4. The predicted molar refractivity (Wildman–Crippen MR) is 75.9 cm³/mol. The molecule has 2 atom stereocenters. The van der Waals surface area contributed by atoms with Gasteiger partial charge in [0, 0.05) is 19.0 Å². The molecule has 3 rings (SSSR count). The lowest BCUT2D eigenvalue weighted by Gasteiger charge is -2.23. The normalized spacial score (nSPS) is 33.5. The molecular weight excluding hydrogens is 238 g/mol. The van der Waals surface area contributed by atoms with Gasteiger partial charge in [-0.1, -0.05) is 6.92 Å².